The molecule has 0 heterocycles. The molecule has 4 nitrogen and oxygen atoms in total. The largest absolute Gasteiger partial charge is 0.387 e. The van der Waals surface area contributed by atoms with Gasteiger partial charge in [0.2, 0.25) is 0 Å². The van der Waals surface area contributed by atoms with Gasteiger partial charge in [-0.2, -0.15) is 0 Å². The Morgan fingerprint density at radius 1 is 1.14 bits per heavy atom. The van der Waals surface area contributed by atoms with Crippen molar-refractivity contribution in [2.45, 2.75) is 38.7 Å². The molecule has 2 N–H and O–H groups in total. The molecule has 2 atom stereocenters. The van der Waals surface area contributed by atoms with Crippen LogP contribution in [0, 0.1) is 11.3 Å². The number of aliphatic hydroxyl groups is 1. The summed E-state index contributed by atoms with van der Waals surface area (Å²) in [5.74, 6) is 0.498. The van der Waals surface area contributed by atoms with Crippen LogP contribution in [0.4, 0.5) is 0 Å². The van der Waals surface area contributed by atoms with Crippen molar-refractivity contribution in [3.63, 3.8) is 0 Å². The average Bonchev–Trinajstić information content (AvgIpc) is 2.36. The lowest BCUT2D eigenvalue weighted by Gasteiger charge is -2.27. The Kier molecular flexibility index (Phi) is 5.96. The first-order chi connectivity index (χ1) is 9.51. The second kappa shape index (κ2) is 6.90. The number of hydrogen-bond acceptors (Lipinski definition) is 4. The standard InChI is InChI=1S/C16H27NO3S/c1-12(16(2,3)4)10-17-11-15(18)13-6-8-14(9-7-13)21(5,19)20/h6-9,12,15,17-18H,10-11H2,1-5H3. The molecule has 0 aliphatic rings. The Labute approximate surface area is 128 Å². The molecule has 0 aromatic heterocycles. The molecule has 5 heteroatoms. The van der Waals surface area contributed by atoms with Crippen LogP contribution in [0.3, 0.4) is 0 Å². The molecule has 1 aromatic carbocycles. The highest BCUT2D eigenvalue weighted by molar-refractivity contribution is 7.90. The summed E-state index contributed by atoms with van der Waals surface area (Å²) in [5.41, 5.74) is 0.952. The summed E-state index contributed by atoms with van der Waals surface area (Å²) in [7, 11) is -3.19. The molecule has 0 saturated heterocycles. The first-order valence-electron chi connectivity index (χ1n) is 7.20. The third-order valence-corrected chi connectivity index (χ3v) is 5.09. The molecule has 0 aliphatic carbocycles. The quantitative estimate of drug-likeness (QED) is 0.846. The van der Waals surface area contributed by atoms with Crippen LogP contribution in [0.25, 0.3) is 0 Å². The Morgan fingerprint density at radius 2 is 1.67 bits per heavy atom. The zero-order valence-electron chi connectivity index (χ0n) is 13.6. The molecule has 0 aliphatic heterocycles. The van der Waals surface area contributed by atoms with E-state index in [9.17, 15) is 13.5 Å². The predicted octanol–water partition coefficient (Wildman–Crippen LogP) is 2.40. The zero-order valence-corrected chi connectivity index (χ0v) is 14.4. The Hall–Kier alpha value is -0.910. The van der Waals surface area contributed by atoms with Crippen molar-refractivity contribution in [1.29, 1.82) is 0 Å². The van der Waals surface area contributed by atoms with Crippen molar-refractivity contribution in [2.24, 2.45) is 11.3 Å². The minimum atomic E-state index is -3.19. The van der Waals surface area contributed by atoms with E-state index in [1.165, 1.54) is 18.4 Å². The maximum atomic E-state index is 11.4. The third kappa shape index (κ3) is 5.77. The zero-order chi connectivity index (χ0) is 16.3. The molecule has 0 radical (unpaired) electrons. The van der Waals surface area contributed by atoms with Crippen LogP contribution in [-0.2, 0) is 9.84 Å². The minimum absolute atomic E-state index is 0.231. The highest BCUT2D eigenvalue weighted by atomic mass is 32.2. The highest BCUT2D eigenvalue weighted by Crippen LogP contribution is 2.24. The van der Waals surface area contributed by atoms with Crippen LogP contribution in [-0.4, -0.2) is 32.9 Å². The first-order valence-corrected chi connectivity index (χ1v) is 9.09. The van der Waals surface area contributed by atoms with Crippen molar-refractivity contribution in [3.8, 4) is 0 Å². The second-order valence-corrected chi connectivity index (χ2v) is 8.80. The van der Waals surface area contributed by atoms with Gasteiger partial charge in [-0.15, -0.1) is 0 Å². The Morgan fingerprint density at radius 3 is 2.10 bits per heavy atom. The van der Waals surface area contributed by atoms with E-state index in [1.54, 1.807) is 12.1 Å². The number of sulfone groups is 1. The van der Waals surface area contributed by atoms with Crippen LogP contribution >= 0.6 is 0 Å². The first kappa shape index (κ1) is 18.1. The molecule has 0 fully saturated rings. The molecular weight excluding hydrogens is 286 g/mol. The highest BCUT2D eigenvalue weighted by Gasteiger charge is 2.19. The topological polar surface area (TPSA) is 66.4 Å². The molecule has 2 unspecified atom stereocenters. The van der Waals surface area contributed by atoms with Gasteiger partial charge in [0, 0.05) is 12.8 Å². The van der Waals surface area contributed by atoms with Gasteiger partial charge in [-0.05, 0) is 35.6 Å². The molecule has 0 bridgehead atoms. The third-order valence-electron chi connectivity index (χ3n) is 3.96. The van der Waals surface area contributed by atoms with E-state index in [0.29, 0.717) is 12.5 Å². The van der Waals surface area contributed by atoms with Crippen molar-refractivity contribution in [3.05, 3.63) is 29.8 Å². The van der Waals surface area contributed by atoms with E-state index in [2.05, 4.69) is 33.0 Å². The SMILES string of the molecule is CC(CNCC(O)c1ccc(S(C)(=O)=O)cc1)C(C)(C)C. The predicted molar refractivity (Wildman–Crippen MR) is 86.0 cm³/mol. The van der Waals surface area contributed by atoms with E-state index < -0.39 is 15.9 Å². The number of benzene rings is 1. The van der Waals surface area contributed by atoms with Crippen molar-refractivity contribution >= 4 is 9.84 Å². The maximum Gasteiger partial charge on any atom is 0.175 e. The minimum Gasteiger partial charge on any atom is -0.387 e. The van der Waals surface area contributed by atoms with Gasteiger partial charge >= 0.3 is 0 Å². The summed E-state index contributed by atoms with van der Waals surface area (Å²) >= 11 is 0. The van der Waals surface area contributed by atoms with Crippen molar-refractivity contribution in [2.75, 3.05) is 19.3 Å². The van der Waals surface area contributed by atoms with E-state index in [-0.39, 0.29) is 10.3 Å². The summed E-state index contributed by atoms with van der Waals surface area (Å²) in [6, 6.07) is 6.39. The summed E-state index contributed by atoms with van der Waals surface area (Å²) in [4.78, 5) is 0.271. The van der Waals surface area contributed by atoms with Gasteiger partial charge in [0.1, 0.15) is 0 Å². The smallest absolute Gasteiger partial charge is 0.175 e. The lowest BCUT2D eigenvalue weighted by atomic mass is 9.82. The van der Waals surface area contributed by atoms with Gasteiger partial charge in [0.25, 0.3) is 0 Å². The number of rotatable bonds is 6. The summed E-state index contributed by atoms with van der Waals surface area (Å²) in [6.45, 7) is 10.1. The van der Waals surface area contributed by atoms with E-state index >= 15 is 0 Å². The Bertz CT molecular complexity index is 544. The molecule has 0 spiro atoms. The van der Waals surface area contributed by atoms with Crippen LogP contribution in [0.5, 0.6) is 0 Å². The van der Waals surface area contributed by atoms with Gasteiger partial charge in [-0.3, -0.25) is 0 Å². The van der Waals surface area contributed by atoms with E-state index in [4.69, 9.17) is 0 Å². The van der Waals surface area contributed by atoms with E-state index in [1.807, 2.05) is 0 Å². The monoisotopic (exact) mass is 313 g/mol. The fourth-order valence-electron chi connectivity index (χ4n) is 1.80. The second-order valence-electron chi connectivity index (χ2n) is 6.78. The van der Waals surface area contributed by atoms with Crippen molar-refractivity contribution < 1.29 is 13.5 Å². The number of nitrogens with one attached hydrogen (secondary N) is 1. The summed E-state index contributed by atoms with van der Waals surface area (Å²) in [6.07, 6.45) is 0.541. The molecule has 0 amide bonds. The summed E-state index contributed by atoms with van der Waals surface area (Å²) in [5, 5.41) is 13.4. The molecule has 1 aromatic rings. The lowest BCUT2D eigenvalue weighted by molar-refractivity contribution is 0.166. The summed E-state index contributed by atoms with van der Waals surface area (Å²) < 4.78 is 22.8. The fraction of sp³-hybridized carbons (Fsp3) is 0.625. The number of hydrogen-bond donors (Lipinski definition) is 2. The maximum absolute atomic E-state index is 11.4. The van der Waals surface area contributed by atoms with Crippen LogP contribution in [0.1, 0.15) is 39.4 Å². The molecular formula is C16H27NO3S. The van der Waals surface area contributed by atoms with Crippen molar-refractivity contribution in [1.82, 2.24) is 5.32 Å². The van der Waals surface area contributed by atoms with Gasteiger partial charge in [-0.25, -0.2) is 8.42 Å². The van der Waals surface area contributed by atoms with Crippen LogP contribution in [0.2, 0.25) is 0 Å². The van der Waals surface area contributed by atoms with Gasteiger partial charge < -0.3 is 10.4 Å². The van der Waals surface area contributed by atoms with E-state index in [0.717, 1.165) is 12.1 Å². The molecule has 0 saturated carbocycles. The van der Waals surface area contributed by atoms with Gasteiger partial charge in [-0.1, -0.05) is 39.8 Å². The number of aliphatic hydroxyl groups excluding tert-OH is 1. The lowest BCUT2D eigenvalue weighted by Crippen LogP contribution is -2.32. The molecule has 21 heavy (non-hydrogen) atoms. The molecule has 1 rings (SSSR count). The van der Waals surface area contributed by atoms with Crippen LogP contribution in [0.15, 0.2) is 29.2 Å². The average molecular weight is 313 g/mol. The molecule has 120 valence electrons. The normalized spacial score (nSPS) is 15.7. The fourth-order valence-corrected chi connectivity index (χ4v) is 2.43. The van der Waals surface area contributed by atoms with Crippen LogP contribution < -0.4 is 5.32 Å². The van der Waals surface area contributed by atoms with Gasteiger partial charge in [0.15, 0.2) is 9.84 Å². The van der Waals surface area contributed by atoms with Gasteiger partial charge in [0.05, 0.1) is 11.0 Å². The Balaban J connectivity index is 2.55.